The summed E-state index contributed by atoms with van der Waals surface area (Å²) < 4.78 is 1.15. The Balaban J connectivity index is 1.74. The first-order valence-electron chi connectivity index (χ1n) is 5.54. The Morgan fingerprint density at radius 1 is 1.37 bits per heavy atom. The molecule has 2 aromatic heterocycles. The maximum atomic E-state index is 5.76. The van der Waals surface area contributed by atoms with Crippen molar-refractivity contribution in [1.29, 1.82) is 0 Å². The van der Waals surface area contributed by atoms with Crippen molar-refractivity contribution in [1.82, 2.24) is 10.3 Å². The third-order valence-electron chi connectivity index (χ3n) is 2.25. The molecule has 0 amide bonds. The smallest absolute Gasteiger partial charge is 0.171 e. The normalized spacial score (nSPS) is 10.2. The molecule has 0 aromatic carbocycles. The summed E-state index contributed by atoms with van der Waals surface area (Å²) in [5.41, 5.74) is 0. The Hall–Kier alpha value is -0.690. The minimum absolute atomic E-state index is 0.561. The highest BCUT2D eigenvalue weighted by atomic mass is 79.9. The van der Waals surface area contributed by atoms with Crippen LogP contribution in [0.3, 0.4) is 0 Å². The molecular formula is C12H11BrClN3S2. The van der Waals surface area contributed by atoms with Gasteiger partial charge in [-0.1, -0.05) is 11.6 Å². The first-order valence-corrected chi connectivity index (χ1v) is 7.93. The lowest BCUT2D eigenvalue weighted by molar-refractivity contribution is 0.884. The molecule has 0 aliphatic rings. The summed E-state index contributed by atoms with van der Waals surface area (Å²) in [6.07, 6.45) is 2.52. The molecule has 2 aromatic rings. The second kappa shape index (κ2) is 7.19. The molecule has 100 valence electrons. The van der Waals surface area contributed by atoms with Crippen molar-refractivity contribution in [2.75, 3.05) is 11.9 Å². The van der Waals surface area contributed by atoms with Gasteiger partial charge in [0.2, 0.25) is 0 Å². The standard InChI is InChI=1S/C12H11BrClN3S2/c13-10-3-2-9(19-10)5-6-15-12(18)17-11-4-1-8(14)7-16-11/h1-4,7H,5-6H2,(H2,15,16,17,18). The molecule has 0 radical (unpaired) electrons. The van der Waals surface area contributed by atoms with Gasteiger partial charge in [-0.05, 0) is 58.8 Å². The molecule has 0 saturated heterocycles. The van der Waals surface area contributed by atoms with E-state index in [1.807, 2.05) is 6.07 Å². The van der Waals surface area contributed by atoms with Gasteiger partial charge in [0.05, 0.1) is 8.81 Å². The quantitative estimate of drug-likeness (QED) is 0.788. The van der Waals surface area contributed by atoms with Gasteiger partial charge < -0.3 is 10.6 Å². The van der Waals surface area contributed by atoms with Gasteiger partial charge in [-0.3, -0.25) is 0 Å². The van der Waals surface area contributed by atoms with Crippen LogP contribution in [0.4, 0.5) is 5.82 Å². The Morgan fingerprint density at radius 3 is 2.84 bits per heavy atom. The van der Waals surface area contributed by atoms with E-state index < -0.39 is 0 Å². The number of thiocarbonyl (C=S) groups is 1. The number of aromatic nitrogens is 1. The summed E-state index contributed by atoms with van der Waals surface area (Å²) in [6, 6.07) is 7.71. The van der Waals surface area contributed by atoms with Gasteiger partial charge in [0.1, 0.15) is 5.82 Å². The molecule has 2 rings (SSSR count). The number of rotatable bonds is 4. The molecule has 3 nitrogen and oxygen atoms in total. The lowest BCUT2D eigenvalue weighted by Crippen LogP contribution is -2.30. The van der Waals surface area contributed by atoms with Gasteiger partial charge in [0, 0.05) is 17.6 Å². The average Bonchev–Trinajstić information content (AvgIpc) is 2.78. The van der Waals surface area contributed by atoms with Gasteiger partial charge >= 0.3 is 0 Å². The van der Waals surface area contributed by atoms with Gasteiger partial charge in [-0.25, -0.2) is 4.98 Å². The molecule has 0 spiro atoms. The Kier molecular flexibility index (Phi) is 5.57. The van der Waals surface area contributed by atoms with Gasteiger partial charge in [0.15, 0.2) is 5.11 Å². The topological polar surface area (TPSA) is 37.0 Å². The summed E-state index contributed by atoms with van der Waals surface area (Å²) >= 11 is 16.1. The number of halogens is 2. The average molecular weight is 377 g/mol. The molecule has 2 N–H and O–H groups in total. The van der Waals surface area contributed by atoms with Crippen LogP contribution in [0, 0.1) is 0 Å². The van der Waals surface area contributed by atoms with Crippen LogP contribution < -0.4 is 10.6 Å². The summed E-state index contributed by atoms with van der Waals surface area (Å²) in [5, 5.41) is 7.31. The van der Waals surface area contributed by atoms with Gasteiger partial charge in [-0.15, -0.1) is 11.3 Å². The highest BCUT2D eigenvalue weighted by molar-refractivity contribution is 9.11. The largest absolute Gasteiger partial charge is 0.362 e. The SMILES string of the molecule is S=C(NCCc1ccc(Br)s1)Nc1ccc(Cl)cn1. The minimum Gasteiger partial charge on any atom is -0.362 e. The molecule has 0 aliphatic heterocycles. The molecule has 0 unspecified atom stereocenters. The third kappa shape index (κ3) is 5.06. The molecule has 0 atom stereocenters. The minimum atomic E-state index is 0.561. The lowest BCUT2D eigenvalue weighted by atomic mass is 10.3. The second-order valence-corrected chi connectivity index (χ2v) is 7.09. The van der Waals surface area contributed by atoms with E-state index in [1.54, 1.807) is 29.7 Å². The first kappa shape index (κ1) is 14.7. The van der Waals surface area contributed by atoms with Crippen molar-refractivity contribution < 1.29 is 0 Å². The van der Waals surface area contributed by atoms with Crippen LogP contribution in [0.15, 0.2) is 34.2 Å². The highest BCUT2D eigenvalue weighted by Crippen LogP contribution is 2.22. The summed E-state index contributed by atoms with van der Waals surface area (Å²) in [5.74, 6) is 0.681. The zero-order chi connectivity index (χ0) is 13.7. The molecule has 2 heterocycles. The summed E-state index contributed by atoms with van der Waals surface area (Å²) in [4.78, 5) is 5.42. The van der Waals surface area contributed by atoms with Crippen molar-refractivity contribution in [3.05, 3.63) is 44.1 Å². The monoisotopic (exact) mass is 375 g/mol. The molecule has 7 heteroatoms. The van der Waals surface area contributed by atoms with Crippen LogP contribution >= 0.6 is 51.1 Å². The predicted octanol–water partition coefficient (Wildman–Crippen LogP) is 4.09. The van der Waals surface area contributed by atoms with E-state index in [4.69, 9.17) is 23.8 Å². The summed E-state index contributed by atoms with van der Waals surface area (Å²) in [6.45, 7) is 0.784. The van der Waals surface area contributed by atoms with Gasteiger partial charge in [0.25, 0.3) is 0 Å². The number of hydrogen-bond donors (Lipinski definition) is 2. The molecule has 19 heavy (non-hydrogen) atoms. The van der Waals surface area contributed by atoms with E-state index in [-0.39, 0.29) is 0 Å². The Morgan fingerprint density at radius 2 is 2.21 bits per heavy atom. The number of hydrogen-bond acceptors (Lipinski definition) is 3. The highest BCUT2D eigenvalue weighted by Gasteiger charge is 2.00. The van der Waals surface area contributed by atoms with E-state index in [0.717, 1.165) is 16.8 Å². The number of pyridine rings is 1. The van der Waals surface area contributed by atoms with Crippen LogP contribution in [0.5, 0.6) is 0 Å². The molecule has 0 bridgehead atoms. The third-order valence-corrected chi connectivity index (χ3v) is 4.41. The fraction of sp³-hybridized carbons (Fsp3) is 0.167. The van der Waals surface area contributed by atoms with Crippen molar-refractivity contribution in [2.45, 2.75) is 6.42 Å². The van der Waals surface area contributed by atoms with E-state index in [0.29, 0.717) is 16.0 Å². The maximum Gasteiger partial charge on any atom is 0.171 e. The van der Waals surface area contributed by atoms with Crippen molar-refractivity contribution >= 4 is 62.0 Å². The van der Waals surface area contributed by atoms with Crippen LogP contribution in [0.25, 0.3) is 0 Å². The lowest BCUT2D eigenvalue weighted by Gasteiger charge is -2.09. The van der Waals surface area contributed by atoms with Crippen molar-refractivity contribution in [3.8, 4) is 0 Å². The molecule has 0 aliphatic carbocycles. The van der Waals surface area contributed by atoms with E-state index in [2.05, 4.69) is 37.6 Å². The van der Waals surface area contributed by atoms with Crippen LogP contribution in [0.2, 0.25) is 5.02 Å². The molecular weight excluding hydrogens is 366 g/mol. The van der Waals surface area contributed by atoms with Crippen LogP contribution in [-0.4, -0.2) is 16.6 Å². The predicted molar refractivity (Wildman–Crippen MR) is 89.2 cm³/mol. The van der Waals surface area contributed by atoms with E-state index in [1.165, 1.54) is 4.88 Å². The van der Waals surface area contributed by atoms with Gasteiger partial charge in [-0.2, -0.15) is 0 Å². The number of nitrogens with one attached hydrogen (secondary N) is 2. The molecule has 0 saturated carbocycles. The van der Waals surface area contributed by atoms with Crippen LogP contribution in [0.1, 0.15) is 4.88 Å². The zero-order valence-corrected chi connectivity index (χ0v) is 13.8. The fourth-order valence-corrected chi connectivity index (χ4v) is 3.20. The van der Waals surface area contributed by atoms with E-state index in [9.17, 15) is 0 Å². The second-order valence-electron chi connectivity index (χ2n) is 3.70. The maximum absolute atomic E-state index is 5.76. The summed E-state index contributed by atoms with van der Waals surface area (Å²) in [7, 11) is 0. The zero-order valence-electron chi connectivity index (χ0n) is 9.82. The first-order chi connectivity index (χ1) is 9.13. The van der Waals surface area contributed by atoms with Crippen molar-refractivity contribution in [2.24, 2.45) is 0 Å². The number of thiophene rings is 1. The Labute approximate surface area is 134 Å². The number of anilines is 1. The van der Waals surface area contributed by atoms with Crippen molar-refractivity contribution in [3.63, 3.8) is 0 Å². The van der Waals surface area contributed by atoms with E-state index >= 15 is 0 Å². The van der Waals surface area contributed by atoms with Crippen LogP contribution in [-0.2, 0) is 6.42 Å². The Bertz CT molecular complexity index is 556. The number of nitrogens with zero attached hydrogens (tertiary/aromatic N) is 1. The fourth-order valence-electron chi connectivity index (χ4n) is 1.40. The molecule has 0 fully saturated rings.